The third-order valence-electron chi connectivity index (χ3n) is 2.72. The molecular formula is C12H13N5O4S. The maximum Gasteiger partial charge on any atom is 0.346 e. The molecule has 22 heavy (non-hydrogen) atoms. The summed E-state index contributed by atoms with van der Waals surface area (Å²) in [7, 11) is 1.51. The van der Waals surface area contributed by atoms with Crippen LogP contribution in [0.2, 0.25) is 0 Å². The Kier molecular flexibility index (Phi) is 4.96. The Hall–Kier alpha value is -2.59. The minimum atomic E-state index is -0.587. The molecule has 0 aromatic carbocycles. The maximum absolute atomic E-state index is 11.9. The van der Waals surface area contributed by atoms with Crippen LogP contribution >= 0.6 is 12.2 Å². The zero-order valence-corrected chi connectivity index (χ0v) is 12.4. The molecular weight excluding hydrogens is 310 g/mol. The van der Waals surface area contributed by atoms with Crippen molar-refractivity contribution in [1.82, 2.24) is 19.5 Å². The molecule has 2 aromatic rings. The monoisotopic (exact) mass is 323 g/mol. The number of ether oxygens (including phenoxy) is 1. The number of hydrogen-bond donors (Lipinski definition) is 3. The van der Waals surface area contributed by atoms with Crippen molar-refractivity contribution in [2.45, 2.75) is 6.54 Å². The normalized spacial score (nSPS) is 11.1. The lowest BCUT2D eigenvalue weighted by molar-refractivity contribution is 0.182. The summed E-state index contributed by atoms with van der Waals surface area (Å²) in [6.45, 7) is 0.576. The van der Waals surface area contributed by atoms with Gasteiger partial charge in [0.1, 0.15) is 11.4 Å². The molecule has 9 nitrogen and oxygen atoms in total. The van der Waals surface area contributed by atoms with Crippen molar-refractivity contribution in [3.8, 4) is 5.88 Å². The van der Waals surface area contributed by atoms with Crippen molar-refractivity contribution in [3.05, 3.63) is 43.4 Å². The molecule has 0 spiro atoms. The molecule has 2 heterocycles. The number of nitrogens with zero attached hydrogens (tertiary/aromatic N) is 3. The fraction of sp³-hybridized carbons (Fsp3) is 0.250. The third-order valence-corrected chi connectivity index (χ3v) is 3.04. The molecule has 0 radical (unpaired) electrons. The summed E-state index contributed by atoms with van der Waals surface area (Å²) in [5.41, 5.74) is -1.23. The number of hydrogen-bond acceptors (Lipinski definition) is 7. The molecule has 3 N–H and O–H groups in total. The topological polar surface area (TPSA) is 125 Å². The van der Waals surface area contributed by atoms with E-state index in [0.29, 0.717) is 6.61 Å². The van der Waals surface area contributed by atoms with Crippen LogP contribution in [0.5, 0.6) is 5.88 Å². The lowest BCUT2D eigenvalue weighted by Gasteiger charge is -2.10. The van der Waals surface area contributed by atoms with E-state index >= 15 is 0 Å². The van der Waals surface area contributed by atoms with E-state index in [9.17, 15) is 14.7 Å². The van der Waals surface area contributed by atoms with Gasteiger partial charge in [0.2, 0.25) is 5.88 Å². The van der Waals surface area contributed by atoms with Crippen molar-refractivity contribution in [2.24, 2.45) is 4.99 Å². The molecule has 0 aliphatic carbocycles. The summed E-state index contributed by atoms with van der Waals surface area (Å²) in [5.74, 6) is -0.129. The van der Waals surface area contributed by atoms with E-state index in [1.54, 1.807) is 0 Å². The van der Waals surface area contributed by atoms with Crippen molar-refractivity contribution in [1.29, 1.82) is 0 Å². The van der Waals surface area contributed by atoms with Gasteiger partial charge in [-0.3, -0.25) is 19.3 Å². The Bertz CT molecular complexity index is 867. The molecule has 0 bridgehead atoms. The first-order valence-electron chi connectivity index (χ1n) is 6.17. The number of methoxy groups -OCH3 is 1. The Morgan fingerprint density at radius 2 is 2.27 bits per heavy atom. The lowest BCUT2D eigenvalue weighted by Crippen LogP contribution is -2.20. The van der Waals surface area contributed by atoms with E-state index in [0.717, 1.165) is 6.21 Å². The van der Waals surface area contributed by atoms with Crippen LogP contribution in [-0.4, -0.2) is 44.6 Å². The molecule has 0 atom stereocenters. The van der Waals surface area contributed by atoms with E-state index in [-0.39, 0.29) is 28.6 Å². The Balaban J connectivity index is 2.44. The molecule has 2 rings (SSSR count). The number of rotatable bonds is 5. The molecule has 0 amide bonds. The van der Waals surface area contributed by atoms with Gasteiger partial charge in [-0.2, -0.15) is 0 Å². The van der Waals surface area contributed by atoms with Crippen LogP contribution in [0.3, 0.4) is 0 Å². The highest BCUT2D eigenvalue weighted by molar-refractivity contribution is 7.71. The van der Waals surface area contributed by atoms with Gasteiger partial charge in [0, 0.05) is 19.5 Å². The predicted molar refractivity (Wildman–Crippen MR) is 81.5 cm³/mol. The molecule has 0 fully saturated rings. The zero-order valence-electron chi connectivity index (χ0n) is 11.6. The van der Waals surface area contributed by atoms with E-state index in [1.807, 2.05) is 0 Å². The highest BCUT2D eigenvalue weighted by Gasteiger charge is 2.10. The van der Waals surface area contributed by atoms with Crippen LogP contribution < -0.4 is 11.2 Å². The average molecular weight is 323 g/mol. The number of aliphatic imine (C=N–C) groups is 1. The zero-order chi connectivity index (χ0) is 16.1. The summed E-state index contributed by atoms with van der Waals surface area (Å²) < 4.78 is 6.31. The third kappa shape index (κ3) is 3.54. The average Bonchev–Trinajstić information content (AvgIpc) is 2.46. The van der Waals surface area contributed by atoms with Gasteiger partial charge in [0.05, 0.1) is 13.2 Å². The predicted octanol–water partition coefficient (Wildman–Crippen LogP) is 0.0918. The molecule has 0 aliphatic rings. The van der Waals surface area contributed by atoms with Crippen LogP contribution in [0.15, 0.2) is 26.8 Å². The number of H-pyrrole nitrogens is 2. The van der Waals surface area contributed by atoms with E-state index in [4.69, 9.17) is 17.0 Å². The number of aromatic hydroxyl groups is 1. The Labute approximate surface area is 129 Å². The standard InChI is InChI=1S/C12H13N5O4S/c1-21-5-4-17-10(19)7(9(18)16-12(17)22)6-14-8-2-3-13-11(20)15-8/h2-3,6,19H,4-5H2,1H3,(H,13,15,20)(H,16,18,22)/b14-6+. The van der Waals surface area contributed by atoms with Crippen LogP contribution in [0.1, 0.15) is 5.56 Å². The van der Waals surface area contributed by atoms with Gasteiger partial charge in [-0.05, 0) is 18.3 Å². The van der Waals surface area contributed by atoms with Gasteiger partial charge >= 0.3 is 5.69 Å². The number of nitrogens with one attached hydrogen (secondary N) is 2. The molecule has 10 heteroatoms. The smallest absolute Gasteiger partial charge is 0.346 e. The van der Waals surface area contributed by atoms with Crippen molar-refractivity contribution >= 4 is 24.3 Å². The van der Waals surface area contributed by atoms with Gasteiger partial charge < -0.3 is 9.84 Å². The Morgan fingerprint density at radius 3 is 2.95 bits per heavy atom. The van der Waals surface area contributed by atoms with Crippen LogP contribution in [0.25, 0.3) is 0 Å². The summed E-state index contributed by atoms with van der Waals surface area (Å²) in [6.07, 6.45) is 2.41. The summed E-state index contributed by atoms with van der Waals surface area (Å²) in [5, 5.41) is 10.2. The van der Waals surface area contributed by atoms with Crippen molar-refractivity contribution in [3.63, 3.8) is 0 Å². The Morgan fingerprint density at radius 1 is 1.50 bits per heavy atom. The second-order valence-corrected chi connectivity index (χ2v) is 4.55. The highest BCUT2D eigenvalue weighted by atomic mass is 32.1. The van der Waals surface area contributed by atoms with Crippen molar-refractivity contribution < 1.29 is 9.84 Å². The van der Waals surface area contributed by atoms with Crippen molar-refractivity contribution in [2.75, 3.05) is 13.7 Å². The van der Waals surface area contributed by atoms with Gasteiger partial charge in [-0.15, -0.1) is 0 Å². The first-order valence-corrected chi connectivity index (χ1v) is 6.58. The quantitative estimate of drug-likeness (QED) is 0.529. The van der Waals surface area contributed by atoms with E-state index in [2.05, 4.69) is 19.9 Å². The fourth-order valence-corrected chi connectivity index (χ4v) is 1.92. The summed E-state index contributed by atoms with van der Waals surface area (Å²) in [6, 6.07) is 1.45. The molecule has 0 saturated carbocycles. The van der Waals surface area contributed by atoms with Crippen LogP contribution in [0.4, 0.5) is 5.82 Å². The lowest BCUT2D eigenvalue weighted by atomic mass is 10.3. The van der Waals surface area contributed by atoms with Crippen LogP contribution in [-0.2, 0) is 11.3 Å². The minimum Gasteiger partial charge on any atom is -0.494 e. The van der Waals surface area contributed by atoms with Gasteiger partial charge in [-0.1, -0.05) is 0 Å². The largest absolute Gasteiger partial charge is 0.494 e. The maximum atomic E-state index is 11.9. The summed E-state index contributed by atoms with van der Waals surface area (Å²) >= 11 is 4.99. The highest BCUT2D eigenvalue weighted by Crippen LogP contribution is 2.12. The number of aromatic amines is 2. The SMILES string of the molecule is COCCn1c(O)c(/C=N/c2ccnc(=O)[nH]2)c(=O)[nH]c1=S. The first kappa shape index (κ1) is 15.8. The van der Waals surface area contributed by atoms with Gasteiger partial charge in [0.15, 0.2) is 4.77 Å². The molecule has 0 unspecified atom stereocenters. The van der Waals surface area contributed by atoms with E-state index in [1.165, 1.54) is 23.9 Å². The molecule has 0 aliphatic heterocycles. The second-order valence-electron chi connectivity index (χ2n) is 4.16. The molecule has 2 aromatic heterocycles. The number of aromatic nitrogens is 4. The van der Waals surface area contributed by atoms with E-state index < -0.39 is 11.2 Å². The first-order chi connectivity index (χ1) is 10.5. The minimum absolute atomic E-state index is 0.0778. The van der Waals surface area contributed by atoms with Crippen LogP contribution in [0, 0.1) is 4.77 Å². The molecule has 0 saturated heterocycles. The van der Waals surface area contributed by atoms with Gasteiger partial charge in [-0.25, -0.2) is 14.8 Å². The fourth-order valence-electron chi connectivity index (χ4n) is 1.65. The second kappa shape index (κ2) is 6.91. The molecule has 116 valence electrons. The summed E-state index contributed by atoms with van der Waals surface area (Å²) in [4.78, 5) is 35.1. The van der Waals surface area contributed by atoms with Gasteiger partial charge in [0.25, 0.3) is 5.56 Å².